The van der Waals surface area contributed by atoms with E-state index in [4.69, 9.17) is 11.6 Å². The van der Waals surface area contributed by atoms with Crippen LogP contribution in [0.1, 0.15) is 41.0 Å². The van der Waals surface area contributed by atoms with Gasteiger partial charge in [0.05, 0.1) is 27.4 Å². The molecule has 9 heteroatoms. The molecule has 1 atom stereocenters. The van der Waals surface area contributed by atoms with Gasteiger partial charge in [0.1, 0.15) is 29.7 Å². The number of aliphatic imine (C=N–C) groups is 1. The molecule has 3 aromatic rings. The number of rotatable bonds is 1. The van der Waals surface area contributed by atoms with Crippen LogP contribution < -0.4 is 4.57 Å². The normalized spacial score (nSPS) is 15.9. The number of hydrogen-bond donors (Lipinski definition) is 0. The summed E-state index contributed by atoms with van der Waals surface area (Å²) in [6.45, 7) is 3.40. The Morgan fingerprint density at radius 1 is 1.03 bits per heavy atom. The number of hydrogen-bond acceptors (Lipinski definition) is 2. The van der Waals surface area contributed by atoms with Crippen LogP contribution in [0.25, 0.3) is 5.69 Å². The second kappa shape index (κ2) is 7.12. The van der Waals surface area contributed by atoms with E-state index in [1.807, 2.05) is 0 Å². The average Bonchev–Trinajstić information content (AvgIpc) is 2.76. The highest BCUT2D eigenvalue weighted by atomic mass is 35.5. The molecule has 0 N–H and O–H groups in total. The minimum absolute atomic E-state index is 0.199. The summed E-state index contributed by atoms with van der Waals surface area (Å²) in [5.74, 6) is -1.52. The van der Waals surface area contributed by atoms with Crippen molar-refractivity contribution in [3.05, 3.63) is 87.5 Å². The Balaban J connectivity index is 2.16. The number of aryl methyl sites for hydroxylation is 1. The fraction of sp³-hybridized carbons (Fsp3) is 0.190. The Labute approximate surface area is 173 Å². The van der Waals surface area contributed by atoms with Crippen LogP contribution in [0.15, 0.2) is 47.7 Å². The van der Waals surface area contributed by atoms with E-state index in [1.165, 1.54) is 6.07 Å². The average molecular weight is 439 g/mol. The molecule has 2 heterocycles. The van der Waals surface area contributed by atoms with E-state index in [2.05, 4.69) is 9.98 Å². The summed E-state index contributed by atoms with van der Waals surface area (Å²) < 4.78 is 71.5. The van der Waals surface area contributed by atoms with Crippen LogP contribution in [0.3, 0.4) is 0 Å². The smallest absolute Gasteiger partial charge is 0.268 e. The van der Waals surface area contributed by atoms with E-state index in [0.717, 1.165) is 29.8 Å². The van der Waals surface area contributed by atoms with Gasteiger partial charge in [0.2, 0.25) is 0 Å². The van der Waals surface area contributed by atoms with Gasteiger partial charge in [-0.1, -0.05) is 22.7 Å². The molecule has 0 spiro atoms. The Morgan fingerprint density at radius 3 is 2.33 bits per heavy atom. The molecule has 0 unspecified atom stereocenters. The zero-order valence-electron chi connectivity index (χ0n) is 15.7. The first kappa shape index (κ1) is 20.4. The zero-order chi connectivity index (χ0) is 21.8. The third kappa shape index (κ3) is 3.25. The van der Waals surface area contributed by atoms with Crippen LogP contribution in [-0.4, -0.2) is 10.7 Å². The van der Waals surface area contributed by atoms with Gasteiger partial charge in [-0.25, -0.2) is 8.78 Å². The lowest BCUT2D eigenvalue weighted by atomic mass is 9.97. The van der Waals surface area contributed by atoms with Gasteiger partial charge in [0.15, 0.2) is 6.04 Å². The number of nitrogens with zero attached hydrogens (tertiary/aromatic N) is 3. The molecule has 1 aromatic heterocycles. The van der Waals surface area contributed by atoms with Crippen LogP contribution in [0, 0.1) is 18.6 Å². The minimum atomic E-state index is -4.76. The molecule has 154 valence electrons. The van der Waals surface area contributed by atoms with Crippen molar-refractivity contribution in [1.29, 1.82) is 0 Å². The fourth-order valence-electron chi connectivity index (χ4n) is 3.48. The molecule has 1 aliphatic heterocycles. The lowest BCUT2D eigenvalue weighted by molar-refractivity contribution is -0.609. The van der Waals surface area contributed by atoms with Crippen LogP contribution in [-0.2, 0) is 6.18 Å². The Kier molecular flexibility index (Phi) is 4.85. The maximum atomic E-state index is 14.6. The predicted molar refractivity (Wildman–Crippen MR) is 101 cm³/mol. The molecule has 0 amide bonds. The Bertz CT molecular complexity index is 1180. The molecule has 0 aliphatic carbocycles. The summed E-state index contributed by atoms with van der Waals surface area (Å²) in [6.07, 6.45) is -1.52. The highest BCUT2D eigenvalue weighted by Crippen LogP contribution is 2.40. The van der Waals surface area contributed by atoms with Crippen molar-refractivity contribution in [3.8, 4) is 5.69 Å². The SMILES string of the molecule is Cc1cnc2[n+](c1)-c1ccc(C(F)(F)F)c(Cl)c1C(c1c(F)cccc1F)=N[C@H]2C. The van der Waals surface area contributed by atoms with Gasteiger partial charge in [-0.3, -0.25) is 4.99 Å². The second-order valence-corrected chi connectivity index (χ2v) is 7.31. The molecule has 3 nitrogen and oxygen atoms in total. The van der Waals surface area contributed by atoms with Crippen molar-refractivity contribution in [2.24, 2.45) is 4.99 Å². The van der Waals surface area contributed by atoms with E-state index in [-0.39, 0.29) is 17.0 Å². The summed E-state index contributed by atoms with van der Waals surface area (Å²) in [5.41, 5.74) is -1.24. The molecular weight excluding hydrogens is 425 g/mol. The molecule has 30 heavy (non-hydrogen) atoms. The Morgan fingerprint density at radius 2 is 1.70 bits per heavy atom. The van der Waals surface area contributed by atoms with Crippen molar-refractivity contribution in [2.45, 2.75) is 26.1 Å². The molecule has 4 rings (SSSR count). The number of aromatic nitrogens is 2. The van der Waals surface area contributed by atoms with E-state index >= 15 is 0 Å². The van der Waals surface area contributed by atoms with Crippen molar-refractivity contribution in [1.82, 2.24) is 4.98 Å². The van der Waals surface area contributed by atoms with Crippen molar-refractivity contribution in [2.75, 3.05) is 0 Å². The van der Waals surface area contributed by atoms with Gasteiger partial charge in [-0.2, -0.15) is 17.7 Å². The summed E-state index contributed by atoms with van der Waals surface area (Å²) in [5, 5.41) is -0.685. The lowest BCUT2D eigenvalue weighted by Crippen LogP contribution is -2.38. The van der Waals surface area contributed by atoms with Gasteiger partial charge in [0.25, 0.3) is 0 Å². The molecule has 0 saturated carbocycles. The van der Waals surface area contributed by atoms with Crippen LogP contribution >= 0.6 is 11.6 Å². The van der Waals surface area contributed by atoms with E-state index in [0.29, 0.717) is 5.82 Å². The second-order valence-electron chi connectivity index (χ2n) is 6.93. The molecule has 0 saturated heterocycles. The van der Waals surface area contributed by atoms with Gasteiger partial charge < -0.3 is 0 Å². The molecular formula is C21H14ClF5N3+. The highest BCUT2D eigenvalue weighted by molar-refractivity contribution is 6.37. The minimum Gasteiger partial charge on any atom is -0.268 e. The standard InChI is InChI=1S/C21H14ClF5N3/c1-10-8-28-20-11(2)29-19(16-13(23)4-3-5-14(16)24)17-15(30(20)9-10)7-6-12(18(17)22)21(25,26)27/h3-9,11H,1-2H3/q+1/t11-/m0/s1. The summed E-state index contributed by atoms with van der Waals surface area (Å²) in [7, 11) is 0. The molecule has 0 bridgehead atoms. The van der Waals surface area contributed by atoms with Crippen molar-refractivity contribution >= 4 is 17.3 Å². The summed E-state index contributed by atoms with van der Waals surface area (Å²) in [6, 6.07) is 4.53. The number of halogens is 6. The number of alkyl halides is 3. The van der Waals surface area contributed by atoms with Crippen LogP contribution in [0.5, 0.6) is 0 Å². The van der Waals surface area contributed by atoms with Gasteiger partial charge in [-0.05, 0) is 38.1 Å². The topological polar surface area (TPSA) is 29.1 Å². The first-order valence-electron chi connectivity index (χ1n) is 8.90. The summed E-state index contributed by atoms with van der Waals surface area (Å²) >= 11 is 6.21. The molecule has 0 radical (unpaired) electrons. The molecule has 0 fully saturated rings. The maximum absolute atomic E-state index is 14.6. The monoisotopic (exact) mass is 438 g/mol. The zero-order valence-corrected chi connectivity index (χ0v) is 16.5. The quantitative estimate of drug-likeness (QED) is 0.363. The third-order valence-electron chi connectivity index (χ3n) is 4.80. The fourth-order valence-corrected chi connectivity index (χ4v) is 3.83. The third-order valence-corrected chi connectivity index (χ3v) is 5.19. The van der Waals surface area contributed by atoms with Gasteiger partial charge >= 0.3 is 12.0 Å². The van der Waals surface area contributed by atoms with Crippen LogP contribution in [0.4, 0.5) is 22.0 Å². The first-order valence-corrected chi connectivity index (χ1v) is 9.28. The van der Waals surface area contributed by atoms with E-state index < -0.39 is 40.0 Å². The van der Waals surface area contributed by atoms with E-state index in [9.17, 15) is 22.0 Å². The number of benzene rings is 2. The predicted octanol–water partition coefficient (Wildman–Crippen LogP) is 5.53. The highest BCUT2D eigenvalue weighted by Gasteiger charge is 2.39. The van der Waals surface area contributed by atoms with Gasteiger partial charge in [-0.15, -0.1) is 0 Å². The summed E-state index contributed by atoms with van der Waals surface area (Å²) in [4.78, 5) is 8.70. The lowest BCUT2D eigenvalue weighted by Gasteiger charge is -2.16. The van der Waals surface area contributed by atoms with Crippen molar-refractivity contribution in [3.63, 3.8) is 0 Å². The Hall–Kier alpha value is -2.87. The maximum Gasteiger partial charge on any atom is 0.417 e. The molecule has 1 aliphatic rings. The number of fused-ring (bicyclic) bond motifs is 3. The first-order chi connectivity index (χ1) is 14.1. The largest absolute Gasteiger partial charge is 0.417 e. The van der Waals surface area contributed by atoms with Crippen LogP contribution in [0.2, 0.25) is 5.02 Å². The van der Waals surface area contributed by atoms with E-state index in [1.54, 1.807) is 30.8 Å². The molecule has 2 aromatic carbocycles. The van der Waals surface area contributed by atoms with Crippen molar-refractivity contribution < 1.29 is 26.5 Å². The van der Waals surface area contributed by atoms with Gasteiger partial charge in [0, 0.05) is 5.56 Å².